The highest BCUT2D eigenvalue weighted by Gasteiger charge is 2.27. The van der Waals surface area contributed by atoms with Crippen molar-refractivity contribution in [2.24, 2.45) is 10.4 Å². The number of methoxy groups -OCH3 is 1. The summed E-state index contributed by atoms with van der Waals surface area (Å²) >= 11 is 0. The minimum absolute atomic E-state index is 0.0350. The maximum absolute atomic E-state index is 11.2. The largest absolute Gasteiger partial charge is 0.467 e. The number of hydrogen-bond acceptors (Lipinski definition) is 6. The SMILES string of the molecule is COC(=O)[C@H](CO)N=CCC1OCC(C)(C)CO1. The maximum Gasteiger partial charge on any atom is 0.332 e. The lowest BCUT2D eigenvalue weighted by Gasteiger charge is -2.34. The Hall–Kier alpha value is -0.980. The van der Waals surface area contributed by atoms with Crippen molar-refractivity contribution in [1.82, 2.24) is 0 Å². The summed E-state index contributed by atoms with van der Waals surface area (Å²) in [5.41, 5.74) is 0.0350. The minimum atomic E-state index is -0.866. The summed E-state index contributed by atoms with van der Waals surface area (Å²) in [6, 6.07) is -0.866. The van der Waals surface area contributed by atoms with Crippen molar-refractivity contribution < 1.29 is 24.1 Å². The van der Waals surface area contributed by atoms with E-state index in [-0.39, 0.29) is 18.3 Å². The Bertz CT molecular complexity index is 293. The summed E-state index contributed by atoms with van der Waals surface area (Å²) in [4.78, 5) is 15.1. The molecule has 0 amide bonds. The number of aliphatic hydroxyl groups is 1. The highest BCUT2D eigenvalue weighted by atomic mass is 16.7. The zero-order chi connectivity index (χ0) is 13.6. The van der Waals surface area contributed by atoms with Crippen LogP contribution >= 0.6 is 0 Å². The molecule has 0 aromatic rings. The second-order valence-corrected chi connectivity index (χ2v) is 5.00. The predicted molar refractivity (Wildman–Crippen MR) is 65.5 cm³/mol. The van der Waals surface area contributed by atoms with Gasteiger partial charge in [-0.2, -0.15) is 0 Å². The molecule has 0 aliphatic carbocycles. The second-order valence-electron chi connectivity index (χ2n) is 5.00. The van der Waals surface area contributed by atoms with Gasteiger partial charge < -0.3 is 19.3 Å². The molecule has 1 fully saturated rings. The molecule has 0 bridgehead atoms. The molecule has 1 saturated heterocycles. The van der Waals surface area contributed by atoms with Crippen molar-refractivity contribution in [3.05, 3.63) is 0 Å². The average Bonchev–Trinajstić information content (AvgIpc) is 2.35. The highest BCUT2D eigenvalue weighted by molar-refractivity contribution is 5.78. The van der Waals surface area contributed by atoms with E-state index in [1.165, 1.54) is 13.3 Å². The summed E-state index contributed by atoms with van der Waals surface area (Å²) in [5.74, 6) is -0.555. The number of rotatable bonds is 5. The molecular weight excluding hydrogens is 238 g/mol. The minimum Gasteiger partial charge on any atom is -0.467 e. The highest BCUT2D eigenvalue weighted by Crippen LogP contribution is 2.23. The zero-order valence-electron chi connectivity index (χ0n) is 11.1. The van der Waals surface area contributed by atoms with Gasteiger partial charge in [0.05, 0.1) is 26.9 Å². The van der Waals surface area contributed by atoms with E-state index in [9.17, 15) is 4.79 Å². The number of carbonyl (C=O) groups excluding carboxylic acids is 1. The third-order valence-electron chi connectivity index (χ3n) is 2.55. The molecule has 18 heavy (non-hydrogen) atoms. The van der Waals surface area contributed by atoms with Gasteiger partial charge in [0.2, 0.25) is 0 Å². The van der Waals surface area contributed by atoms with Crippen LogP contribution in [0, 0.1) is 5.41 Å². The van der Waals surface area contributed by atoms with Gasteiger partial charge in [0, 0.05) is 18.1 Å². The lowest BCUT2D eigenvalue weighted by atomic mass is 9.95. The lowest BCUT2D eigenvalue weighted by Crippen LogP contribution is -2.37. The Morgan fingerprint density at radius 3 is 2.67 bits per heavy atom. The van der Waals surface area contributed by atoms with E-state index in [0.29, 0.717) is 19.6 Å². The van der Waals surface area contributed by atoms with E-state index in [2.05, 4.69) is 23.6 Å². The van der Waals surface area contributed by atoms with E-state index < -0.39 is 12.0 Å². The number of hydrogen-bond donors (Lipinski definition) is 1. The fraction of sp³-hybridized carbons (Fsp3) is 0.833. The van der Waals surface area contributed by atoms with Crippen LogP contribution in [-0.4, -0.2) is 56.6 Å². The third-order valence-corrected chi connectivity index (χ3v) is 2.55. The summed E-state index contributed by atoms with van der Waals surface area (Å²) in [7, 11) is 1.26. The molecule has 0 saturated carbocycles. The van der Waals surface area contributed by atoms with E-state index in [1.807, 2.05) is 0 Å². The van der Waals surface area contributed by atoms with Crippen molar-refractivity contribution in [1.29, 1.82) is 0 Å². The van der Waals surface area contributed by atoms with Gasteiger partial charge in [-0.25, -0.2) is 4.79 Å². The van der Waals surface area contributed by atoms with Crippen molar-refractivity contribution in [3.8, 4) is 0 Å². The van der Waals surface area contributed by atoms with E-state index in [1.54, 1.807) is 0 Å². The smallest absolute Gasteiger partial charge is 0.332 e. The summed E-state index contributed by atoms with van der Waals surface area (Å²) in [6.07, 6.45) is 1.64. The van der Waals surface area contributed by atoms with Gasteiger partial charge in [0.25, 0.3) is 0 Å². The molecule has 1 rings (SSSR count). The first-order valence-electron chi connectivity index (χ1n) is 5.92. The molecule has 1 heterocycles. The first kappa shape index (κ1) is 15.1. The Morgan fingerprint density at radius 1 is 1.56 bits per heavy atom. The molecule has 0 radical (unpaired) electrons. The van der Waals surface area contributed by atoms with Gasteiger partial charge >= 0.3 is 5.97 Å². The van der Waals surface area contributed by atoms with Crippen LogP contribution in [-0.2, 0) is 19.0 Å². The molecule has 104 valence electrons. The van der Waals surface area contributed by atoms with Crippen LogP contribution in [0.4, 0.5) is 0 Å². The van der Waals surface area contributed by atoms with E-state index in [0.717, 1.165) is 0 Å². The Morgan fingerprint density at radius 2 is 2.17 bits per heavy atom. The molecule has 0 aromatic carbocycles. The first-order chi connectivity index (χ1) is 8.48. The molecule has 6 nitrogen and oxygen atoms in total. The Labute approximate surface area is 107 Å². The van der Waals surface area contributed by atoms with Crippen LogP contribution in [0.15, 0.2) is 4.99 Å². The number of aliphatic hydroxyl groups excluding tert-OH is 1. The molecule has 1 aliphatic rings. The van der Waals surface area contributed by atoms with Gasteiger partial charge in [0.1, 0.15) is 0 Å². The van der Waals surface area contributed by atoms with Crippen molar-refractivity contribution in [2.75, 3.05) is 26.9 Å². The van der Waals surface area contributed by atoms with Gasteiger partial charge in [0.15, 0.2) is 12.3 Å². The number of carbonyl (C=O) groups is 1. The van der Waals surface area contributed by atoms with Crippen molar-refractivity contribution in [2.45, 2.75) is 32.6 Å². The molecule has 0 spiro atoms. The maximum atomic E-state index is 11.2. The topological polar surface area (TPSA) is 77.4 Å². The van der Waals surface area contributed by atoms with E-state index in [4.69, 9.17) is 14.6 Å². The molecule has 0 unspecified atom stereocenters. The van der Waals surface area contributed by atoms with Gasteiger partial charge in [-0.1, -0.05) is 13.8 Å². The molecule has 1 N–H and O–H groups in total. The second kappa shape index (κ2) is 6.82. The Balaban J connectivity index is 2.34. The quantitative estimate of drug-likeness (QED) is 0.570. The molecular formula is C12H21NO5. The zero-order valence-corrected chi connectivity index (χ0v) is 11.1. The fourth-order valence-electron chi connectivity index (χ4n) is 1.46. The third kappa shape index (κ3) is 4.72. The van der Waals surface area contributed by atoms with Crippen LogP contribution in [0.3, 0.4) is 0 Å². The first-order valence-corrected chi connectivity index (χ1v) is 5.92. The van der Waals surface area contributed by atoms with Crippen LogP contribution in [0.2, 0.25) is 0 Å². The number of esters is 1. The van der Waals surface area contributed by atoms with Gasteiger partial charge in [-0.15, -0.1) is 0 Å². The lowest BCUT2D eigenvalue weighted by molar-refractivity contribution is -0.217. The molecule has 0 aromatic heterocycles. The average molecular weight is 259 g/mol. The van der Waals surface area contributed by atoms with Gasteiger partial charge in [-0.3, -0.25) is 4.99 Å². The standard InChI is InChI=1S/C12H21NO5/c1-12(2)7-17-10(18-8-12)4-5-13-9(6-14)11(15)16-3/h5,9-10,14H,4,6-8H2,1-3H3/t9-/m0/s1. The van der Waals surface area contributed by atoms with Crippen molar-refractivity contribution in [3.63, 3.8) is 0 Å². The predicted octanol–water partition coefficient (Wildman–Crippen LogP) is 0.380. The number of nitrogens with zero attached hydrogens (tertiary/aromatic N) is 1. The molecule has 6 heteroatoms. The van der Waals surface area contributed by atoms with Crippen LogP contribution < -0.4 is 0 Å². The molecule has 1 aliphatic heterocycles. The van der Waals surface area contributed by atoms with Crippen LogP contribution in [0.5, 0.6) is 0 Å². The fourth-order valence-corrected chi connectivity index (χ4v) is 1.46. The summed E-state index contributed by atoms with van der Waals surface area (Å²) in [6.45, 7) is 5.02. The van der Waals surface area contributed by atoms with Crippen molar-refractivity contribution >= 4 is 12.2 Å². The monoisotopic (exact) mass is 259 g/mol. The van der Waals surface area contributed by atoms with E-state index >= 15 is 0 Å². The summed E-state index contributed by atoms with van der Waals surface area (Å²) in [5, 5.41) is 8.96. The normalized spacial score (nSPS) is 22.0. The number of ether oxygens (including phenoxy) is 3. The molecule has 1 atom stereocenters. The van der Waals surface area contributed by atoms with Gasteiger partial charge in [-0.05, 0) is 0 Å². The van der Waals surface area contributed by atoms with Crippen LogP contribution in [0.1, 0.15) is 20.3 Å². The van der Waals surface area contributed by atoms with Crippen LogP contribution in [0.25, 0.3) is 0 Å². The number of aliphatic imine (C=N–C) groups is 1. The summed E-state index contributed by atoms with van der Waals surface area (Å²) < 4.78 is 15.5. The Kier molecular flexibility index (Phi) is 5.71.